The number of carbonyl (C=O) groups excluding carboxylic acids is 1. The second-order valence-electron chi connectivity index (χ2n) is 4.55. The highest BCUT2D eigenvalue weighted by molar-refractivity contribution is 7.07. The minimum absolute atomic E-state index is 0.0857. The molecule has 0 aliphatic rings. The van der Waals surface area contributed by atoms with E-state index in [1.807, 2.05) is 0 Å². The molecule has 1 amide bonds. The Hall–Kier alpha value is -2.94. The van der Waals surface area contributed by atoms with Crippen molar-refractivity contribution in [2.45, 2.75) is 6.92 Å². The van der Waals surface area contributed by atoms with Gasteiger partial charge < -0.3 is 4.42 Å². The minimum atomic E-state index is -0.541. The largest absolute Gasteiger partial charge is 0.463 e. The van der Waals surface area contributed by atoms with Crippen LogP contribution in [0.5, 0.6) is 0 Å². The third kappa shape index (κ3) is 2.99. The van der Waals surface area contributed by atoms with Gasteiger partial charge in [0, 0.05) is 0 Å². The molecule has 9 heteroatoms. The smallest absolute Gasteiger partial charge is 0.285 e. The molecule has 23 heavy (non-hydrogen) atoms. The van der Waals surface area contributed by atoms with Gasteiger partial charge >= 0.3 is 0 Å². The van der Waals surface area contributed by atoms with Crippen LogP contribution in [0.1, 0.15) is 20.9 Å². The molecule has 0 saturated heterocycles. The molecule has 7 nitrogen and oxygen atoms in total. The Kier molecular flexibility index (Phi) is 3.94. The van der Waals surface area contributed by atoms with Gasteiger partial charge in [-0.05, 0) is 36.7 Å². The Morgan fingerprint density at radius 1 is 1.48 bits per heavy atom. The Morgan fingerprint density at radius 2 is 2.30 bits per heavy atom. The third-order valence-corrected chi connectivity index (χ3v) is 3.82. The van der Waals surface area contributed by atoms with Crippen molar-refractivity contribution in [3.63, 3.8) is 0 Å². The number of fused-ring (bicyclic) bond motifs is 1. The maximum atomic E-state index is 13.2. The molecular weight excluding hydrogens is 323 g/mol. The topological polar surface area (TPSA) is 97.5 Å². The number of hydrogen-bond acceptors (Lipinski definition) is 7. The van der Waals surface area contributed by atoms with E-state index < -0.39 is 17.2 Å². The average Bonchev–Trinajstić information content (AvgIpc) is 2.96. The summed E-state index contributed by atoms with van der Waals surface area (Å²) < 4.78 is 22.1. The molecule has 2 aromatic heterocycles. The molecule has 1 aromatic carbocycles. The first-order valence-corrected chi connectivity index (χ1v) is 7.17. The molecule has 1 N–H and O–H groups in total. The number of aromatic nitrogens is 2. The predicted molar refractivity (Wildman–Crippen MR) is 82.1 cm³/mol. The van der Waals surface area contributed by atoms with Crippen molar-refractivity contribution in [1.29, 1.82) is 0 Å². The number of hydrazone groups is 1. The molecule has 0 unspecified atom stereocenters. The van der Waals surface area contributed by atoms with E-state index >= 15 is 0 Å². The van der Waals surface area contributed by atoms with Gasteiger partial charge in [0.15, 0.2) is 0 Å². The van der Waals surface area contributed by atoms with Gasteiger partial charge in [-0.25, -0.2) is 9.82 Å². The molecule has 0 fully saturated rings. The van der Waals surface area contributed by atoms with Crippen LogP contribution >= 0.6 is 11.5 Å². The Labute approximate surface area is 132 Å². The van der Waals surface area contributed by atoms with Crippen LogP contribution in [-0.2, 0) is 0 Å². The number of carbonyl (C=O) groups is 1. The second-order valence-corrected chi connectivity index (χ2v) is 5.30. The SMILES string of the molecule is Cc1nnsc1C(=O)N/N=C\c1coc2ccc(F)cc2c1=O. The number of halogens is 1. The zero-order valence-electron chi connectivity index (χ0n) is 11.7. The lowest BCUT2D eigenvalue weighted by molar-refractivity contribution is 0.0958. The highest BCUT2D eigenvalue weighted by Crippen LogP contribution is 2.12. The number of aryl methyl sites for hydroxylation is 1. The number of benzene rings is 1. The minimum Gasteiger partial charge on any atom is -0.463 e. The standard InChI is InChI=1S/C14H9FN4O3S/c1-7-13(23-19-17-7)14(21)18-16-5-8-6-22-11-3-2-9(15)4-10(11)12(8)20/h2-6H,1H3,(H,18,21)/b16-5-. The van der Waals surface area contributed by atoms with Crippen LogP contribution in [0.25, 0.3) is 11.0 Å². The number of nitrogens with one attached hydrogen (secondary N) is 1. The first kappa shape index (κ1) is 15.0. The molecule has 0 saturated carbocycles. The first-order chi connectivity index (χ1) is 11.1. The van der Waals surface area contributed by atoms with Crippen LogP contribution < -0.4 is 10.9 Å². The van der Waals surface area contributed by atoms with Gasteiger partial charge in [0.2, 0.25) is 5.43 Å². The van der Waals surface area contributed by atoms with Gasteiger partial charge in [-0.1, -0.05) is 4.49 Å². The van der Waals surface area contributed by atoms with Crippen LogP contribution in [-0.4, -0.2) is 21.7 Å². The van der Waals surface area contributed by atoms with Gasteiger partial charge in [-0.2, -0.15) is 5.10 Å². The second kappa shape index (κ2) is 6.05. The summed E-state index contributed by atoms with van der Waals surface area (Å²) in [6.45, 7) is 1.65. The van der Waals surface area contributed by atoms with Gasteiger partial charge in [-0.3, -0.25) is 9.59 Å². The summed E-state index contributed by atoms with van der Waals surface area (Å²) in [5.74, 6) is -1.02. The van der Waals surface area contributed by atoms with E-state index in [1.54, 1.807) is 6.92 Å². The van der Waals surface area contributed by atoms with E-state index in [9.17, 15) is 14.0 Å². The van der Waals surface area contributed by atoms with Gasteiger partial charge in [0.1, 0.15) is 22.5 Å². The summed E-state index contributed by atoms with van der Waals surface area (Å²) in [4.78, 5) is 24.3. The van der Waals surface area contributed by atoms with Crippen molar-refractivity contribution in [3.05, 3.63) is 56.6 Å². The Morgan fingerprint density at radius 3 is 3.04 bits per heavy atom. The molecule has 0 radical (unpaired) electrons. The van der Waals surface area contributed by atoms with E-state index in [4.69, 9.17) is 4.42 Å². The van der Waals surface area contributed by atoms with E-state index in [2.05, 4.69) is 20.1 Å². The van der Waals surface area contributed by atoms with Crippen molar-refractivity contribution < 1.29 is 13.6 Å². The fourth-order valence-corrected chi connectivity index (χ4v) is 2.40. The molecule has 2 heterocycles. The van der Waals surface area contributed by atoms with Crippen molar-refractivity contribution in [2.75, 3.05) is 0 Å². The van der Waals surface area contributed by atoms with Crippen LogP contribution in [0.4, 0.5) is 4.39 Å². The molecule has 0 aliphatic carbocycles. The fourth-order valence-electron chi connectivity index (χ4n) is 1.86. The third-order valence-electron chi connectivity index (χ3n) is 2.99. The predicted octanol–water partition coefficient (Wildman–Crippen LogP) is 1.86. The number of hydrogen-bond donors (Lipinski definition) is 1. The number of amides is 1. The highest BCUT2D eigenvalue weighted by Gasteiger charge is 2.12. The Balaban J connectivity index is 1.84. The van der Waals surface area contributed by atoms with E-state index in [1.165, 1.54) is 18.4 Å². The van der Waals surface area contributed by atoms with Crippen LogP contribution in [0, 0.1) is 12.7 Å². The monoisotopic (exact) mass is 332 g/mol. The maximum absolute atomic E-state index is 13.2. The molecule has 0 aliphatic heterocycles. The van der Waals surface area contributed by atoms with Crippen molar-refractivity contribution in [2.24, 2.45) is 5.10 Å². The molecule has 0 spiro atoms. The summed E-state index contributed by atoms with van der Waals surface area (Å²) in [6.07, 6.45) is 2.33. The van der Waals surface area contributed by atoms with Crippen LogP contribution in [0.2, 0.25) is 0 Å². The molecular formula is C14H9FN4O3S. The summed E-state index contributed by atoms with van der Waals surface area (Å²) in [5, 5.41) is 7.52. The van der Waals surface area contributed by atoms with Crippen molar-refractivity contribution >= 4 is 34.6 Å². The van der Waals surface area contributed by atoms with E-state index in [-0.39, 0.29) is 16.5 Å². The summed E-state index contributed by atoms with van der Waals surface area (Å²) in [5.41, 5.74) is 2.66. The van der Waals surface area contributed by atoms with Gasteiger partial charge in [-0.15, -0.1) is 5.10 Å². The summed E-state index contributed by atoms with van der Waals surface area (Å²) in [7, 11) is 0. The fraction of sp³-hybridized carbons (Fsp3) is 0.0714. The van der Waals surface area contributed by atoms with Crippen LogP contribution in [0.15, 0.2) is 38.8 Å². The molecule has 116 valence electrons. The van der Waals surface area contributed by atoms with Crippen molar-refractivity contribution in [3.8, 4) is 0 Å². The zero-order chi connectivity index (χ0) is 16.4. The highest BCUT2D eigenvalue weighted by atomic mass is 32.1. The lowest BCUT2D eigenvalue weighted by atomic mass is 10.2. The normalized spacial score (nSPS) is 11.2. The van der Waals surface area contributed by atoms with Crippen LogP contribution in [0.3, 0.4) is 0 Å². The lowest BCUT2D eigenvalue weighted by Crippen LogP contribution is -2.18. The number of nitrogens with zero attached hydrogens (tertiary/aromatic N) is 3. The molecule has 0 bridgehead atoms. The maximum Gasteiger partial charge on any atom is 0.285 e. The summed E-state index contributed by atoms with van der Waals surface area (Å²) >= 11 is 0.942. The molecule has 0 atom stereocenters. The van der Waals surface area contributed by atoms with E-state index in [0.717, 1.165) is 23.8 Å². The average molecular weight is 332 g/mol. The summed E-state index contributed by atoms with van der Waals surface area (Å²) in [6, 6.07) is 3.66. The zero-order valence-corrected chi connectivity index (χ0v) is 12.6. The Bertz CT molecular complexity index is 980. The first-order valence-electron chi connectivity index (χ1n) is 6.39. The number of rotatable bonds is 3. The quantitative estimate of drug-likeness (QED) is 0.583. The van der Waals surface area contributed by atoms with Gasteiger partial charge in [0.05, 0.1) is 22.9 Å². The van der Waals surface area contributed by atoms with E-state index in [0.29, 0.717) is 10.6 Å². The molecule has 3 aromatic rings. The lowest BCUT2D eigenvalue weighted by Gasteiger charge is -1.99. The van der Waals surface area contributed by atoms with Crippen molar-refractivity contribution in [1.82, 2.24) is 15.0 Å². The molecule has 3 rings (SSSR count). The van der Waals surface area contributed by atoms with Gasteiger partial charge in [0.25, 0.3) is 5.91 Å².